The molecule has 0 amide bonds. The molecule has 0 radical (unpaired) electrons. The summed E-state index contributed by atoms with van der Waals surface area (Å²) in [7, 11) is 0. The third-order valence-corrected chi connectivity index (χ3v) is 3.35. The van der Waals surface area contributed by atoms with E-state index in [2.05, 4.69) is 45.0 Å². The minimum atomic E-state index is 0.453. The van der Waals surface area contributed by atoms with Crippen molar-refractivity contribution in [1.29, 1.82) is 0 Å². The van der Waals surface area contributed by atoms with Crippen molar-refractivity contribution in [2.45, 2.75) is 52.4 Å². The Morgan fingerprint density at radius 1 is 1.20 bits per heavy atom. The van der Waals surface area contributed by atoms with Crippen molar-refractivity contribution in [3.8, 4) is 0 Å². The van der Waals surface area contributed by atoms with Gasteiger partial charge in [-0.2, -0.15) is 0 Å². The molecule has 1 aromatic rings. The molecule has 0 aliphatic heterocycles. The molecule has 82 valence electrons. The van der Waals surface area contributed by atoms with Gasteiger partial charge >= 0.3 is 0 Å². The van der Waals surface area contributed by atoms with Gasteiger partial charge in [0.2, 0.25) is 0 Å². The molecule has 1 aliphatic carbocycles. The van der Waals surface area contributed by atoms with E-state index in [4.69, 9.17) is 0 Å². The molecular formula is C15H22. The Hall–Kier alpha value is -0.780. The summed E-state index contributed by atoms with van der Waals surface area (Å²) in [5, 5.41) is 0. The quantitative estimate of drug-likeness (QED) is 0.627. The SMILES string of the molecule is CC(C)(C)CC1CCCc2ccccc21. The monoisotopic (exact) mass is 202 g/mol. The molecule has 1 aromatic carbocycles. The van der Waals surface area contributed by atoms with E-state index < -0.39 is 0 Å². The molecule has 0 saturated carbocycles. The second-order valence-corrected chi connectivity index (χ2v) is 6.05. The second kappa shape index (κ2) is 4.00. The van der Waals surface area contributed by atoms with E-state index in [1.165, 1.54) is 25.7 Å². The second-order valence-electron chi connectivity index (χ2n) is 6.05. The van der Waals surface area contributed by atoms with Gasteiger partial charge in [0.05, 0.1) is 0 Å². The third-order valence-electron chi connectivity index (χ3n) is 3.35. The molecule has 1 unspecified atom stereocenters. The Balaban J connectivity index is 2.22. The number of fused-ring (bicyclic) bond motifs is 1. The van der Waals surface area contributed by atoms with Gasteiger partial charge in [-0.1, -0.05) is 45.0 Å². The van der Waals surface area contributed by atoms with Crippen molar-refractivity contribution in [3.05, 3.63) is 35.4 Å². The summed E-state index contributed by atoms with van der Waals surface area (Å²) in [6.07, 6.45) is 5.37. The Kier molecular flexibility index (Phi) is 2.86. The van der Waals surface area contributed by atoms with Crippen molar-refractivity contribution >= 4 is 0 Å². The van der Waals surface area contributed by atoms with Crippen molar-refractivity contribution in [3.63, 3.8) is 0 Å². The highest BCUT2D eigenvalue weighted by molar-refractivity contribution is 5.32. The van der Waals surface area contributed by atoms with Crippen LogP contribution in [0.3, 0.4) is 0 Å². The zero-order valence-electron chi connectivity index (χ0n) is 10.2. The molecule has 0 bridgehead atoms. The highest BCUT2D eigenvalue weighted by atomic mass is 14.3. The molecule has 0 fully saturated rings. The number of rotatable bonds is 1. The first-order valence-electron chi connectivity index (χ1n) is 6.14. The number of aryl methyl sites for hydroxylation is 1. The van der Waals surface area contributed by atoms with Crippen LogP contribution in [0.25, 0.3) is 0 Å². The average Bonchev–Trinajstić information content (AvgIpc) is 2.16. The Morgan fingerprint density at radius 2 is 1.93 bits per heavy atom. The Bertz CT molecular complexity index is 330. The van der Waals surface area contributed by atoms with Crippen molar-refractivity contribution < 1.29 is 0 Å². The average molecular weight is 202 g/mol. The van der Waals surface area contributed by atoms with E-state index in [1.807, 2.05) is 0 Å². The fourth-order valence-corrected chi connectivity index (χ4v) is 2.81. The van der Waals surface area contributed by atoms with Crippen LogP contribution in [0.4, 0.5) is 0 Å². The Morgan fingerprint density at radius 3 is 2.67 bits per heavy atom. The largest absolute Gasteiger partial charge is 0.0620 e. The van der Waals surface area contributed by atoms with Crippen LogP contribution in [0.2, 0.25) is 0 Å². The minimum Gasteiger partial charge on any atom is -0.0620 e. The number of benzene rings is 1. The topological polar surface area (TPSA) is 0 Å². The predicted molar refractivity (Wildman–Crippen MR) is 66.2 cm³/mol. The zero-order valence-corrected chi connectivity index (χ0v) is 10.2. The maximum Gasteiger partial charge on any atom is -0.0154 e. The fraction of sp³-hybridized carbons (Fsp3) is 0.600. The van der Waals surface area contributed by atoms with Gasteiger partial charge in [-0.3, -0.25) is 0 Å². The highest BCUT2D eigenvalue weighted by Gasteiger charge is 2.24. The van der Waals surface area contributed by atoms with Crippen LogP contribution in [0, 0.1) is 5.41 Å². The van der Waals surface area contributed by atoms with Crippen LogP contribution in [0.1, 0.15) is 57.1 Å². The van der Waals surface area contributed by atoms with Crippen molar-refractivity contribution in [2.24, 2.45) is 5.41 Å². The predicted octanol–water partition coefficient (Wildman–Crippen LogP) is 4.54. The number of hydrogen-bond acceptors (Lipinski definition) is 0. The van der Waals surface area contributed by atoms with Crippen molar-refractivity contribution in [2.75, 3.05) is 0 Å². The summed E-state index contributed by atoms with van der Waals surface area (Å²) in [5.74, 6) is 0.801. The molecule has 1 atom stereocenters. The zero-order chi connectivity index (χ0) is 10.9. The maximum absolute atomic E-state index is 2.35. The molecule has 0 nitrogen and oxygen atoms in total. The van der Waals surface area contributed by atoms with Gasteiger partial charge in [-0.05, 0) is 48.1 Å². The van der Waals surface area contributed by atoms with E-state index in [-0.39, 0.29) is 0 Å². The summed E-state index contributed by atoms with van der Waals surface area (Å²) < 4.78 is 0. The standard InChI is InChI=1S/C15H22/c1-15(2,3)11-13-9-6-8-12-7-4-5-10-14(12)13/h4-5,7,10,13H,6,8-9,11H2,1-3H3. The van der Waals surface area contributed by atoms with Gasteiger partial charge in [0.15, 0.2) is 0 Å². The van der Waals surface area contributed by atoms with Crippen LogP contribution >= 0.6 is 0 Å². The molecule has 0 heteroatoms. The summed E-state index contributed by atoms with van der Waals surface area (Å²) in [4.78, 5) is 0. The van der Waals surface area contributed by atoms with Crippen LogP contribution in [0.15, 0.2) is 24.3 Å². The third kappa shape index (κ3) is 2.62. The first kappa shape index (κ1) is 10.7. The van der Waals surface area contributed by atoms with Gasteiger partial charge in [0.25, 0.3) is 0 Å². The van der Waals surface area contributed by atoms with Crippen molar-refractivity contribution in [1.82, 2.24) is 0 Å². The molecular weight excluding hydrogens is 180 g/mol. The highest BCUT2D eigenvalue weighted by Crippen LogP contribution is 2.39. The van der Waals surface area contributed by atoms with Gasteiger partial charge in [0, 0.05) is 0 Å². The Labute approximate surface area is 93.7 Å². The normalized spacial score (nSPS) is 21.1. The molecule has 0 spiro atoms. The molecule has 15 heavy (non-hydrogen) atoms. The van der Waals surface area contributed by atoms with Gasteiger partial charge < -0.3 is 0 Å². The van der Waals surface area contributed by atoms with Gasteiger partial charge in [-0.25, -0.2) is 0 Å². The summed E-state index contributed by atoms with van der Waals surface area (Å²) in [6, 6.07) is 9.02. The van der Waals surface area contributed by atoms with Crippen LogP contribution in [0.5, 0.6) is 0 Å². The van der Waals surface area contributed by atoms with Crippen LogP contribution in [-0.4, -0.2) is 0 Å². The first-order chi connectivity index (χ1) is 7.06. The smallest absolute Gasteiger partial charge is 0.0154 e. The summed E-state index contributed by atoms with van der Waals surface area (Å²) in [6.45, 7) is 7.05. The minimum absolute atomic E-state index is 0.453. The summed E-state index contributed by atoms with van der Waals surface area (Å²) >= 11 is 0. The molecule has 1 aliphatic rings. The fourth-order valence-electron chi connectivity index (χ4n) is 2.81. The van der Waals surface area contributed by atoms with E-state index in [1.54, 1.807) is 11.1 Å². The van der Waals surface area contributed by atoms with Crippen LogP contribution in [-0.2, 0) is 6.42 Å². The lowest BCUT2D eigenvalue weighted by molar-refractivity contribution is 0.321. The molecule has 0 heterocycles. The first-order valence-corrected chi connectivity index (χ1v) is 6.14. The maximum atomic E-state index is 2.35. The van der Waals surface area contributed by atoms with Gasteiger partial charge in [0.1, 0.15) is 0 Å². The lowest BCUT2D eigenvalue weighted by atomic mass is 9.74. The molecule has 0 aromatic heterocycles. The molecule has 2 rings (SSSR count). The lowest BCUT2D eigenvalue weighted by Crippen LogP contribution is -2.16. The molecule has 0 saturated heterocycles. The van der Waals surface area contributed by atoms with E-state index in [0.29, 0.717) is 5.41 Å². The lowest BCUT2D eigenvalue weighted by Gasteiger charge is -2.31. The van der Waals surface area contributed by atoms with E-state index >= 15 is 0 Å². The van der Waals surface area contributed by atoms with E-state index in [9.17, 15) is 0 Å². The molecule has 0 N–H and O–H groups in total. The van der Waals surface area contributed by atoms with E-state index in [0.717, 1.165) is 5.92 Å². The summed E-state index contributed by atoms with van der Waals surface area (Å²) in [5.41, 5.74) is 3.67. The number of hydrogen-bond donors (Lipinski definition) is 0. The van der Waals surface area contributed by atoms with Crippen LogP contribution < -0.4 is 0 Å². The van der Waals surface area contributed by atoms with Gasteiger partial charge in [-0.15, -0.1) is 0 Å².